The maximum absolute atomic E-state index is 13.6. The molecule has 0 bridgehead atoms. The van der Waals surface area contributed by atoms with Crippen molar-refractivity contribution in [2.45, 2.75) is 19.4 Å². The molecule has 0 spiro atoms. The Morgan fingerprint density at radius 2 is 2.21 bits per heavy atom. The first-order chi connectivity index (χ1) is 8.93. The second kappa shape index (κ2) is 5.08. The van der Waals surface area contributed by atoms with E-state index in [-0.39, 0.29) is 17.6 Å². The van der Waals surface area contributed by atoms with Gasteiger partial charge < -0.3 is 10.6 Å². The third-order valence-electron chi connectivity index (χ3n) is 3.49. The van der Waals surface area contributed by atoms with Crippen LogP contribution >= 0.6 is 0 Å². The van der Waals surface area contributed by atoms with Crippen molar-refractivity contribution in [3.8, 4) is 0 Å². The topological polar surface area (TPSA) is 72.4 Å². The summed E-state index contributed by atoms with van der Waals surface area (Å²) in [4.78, 5) is 11.8. The maximum Gasteiger partial charge on any atom is 0.328 e. The van der Waals surface area contributed by atoms with E-state index in [1.165, 1.54) is 0 Å². The van der Waals surface area contributed by atoms with Crippen LogP contribution in [0.3, 0.4) is 0 Å². The minimum Gasteiger partial charge on any atom is -0.363 e. The van der Waals surface area contributed by atoms with Crippen LogP contribution in [0.1, 0.15) is 13.3 Å². The minimum absolute atomic E-state index is 0.00838. The van der Waals surface area contributed by atoms with Gasteiger partial charge in [0.15, 0.2) is 0 Å². The van der Waals surface area contributed by atoms with Gasteiger partial charge in [0.25, 0.3) is 0 Å². The van der Waals surface area contributed by atoms with E-state index in [4.69, 9.17) is 5.73 Å². The molecule has 7 heteroatoms. The molecule has 19 heavy (non-hydrogen) atoms. The smallest absolute Gasteiger partial charge is 0.328 e. The molecule has 1 aliphatic heterocycles. The molecule has 0 aliphatic carbocycles. The van der Waals surface area contributed by atoms with Crippen LogP contribution in [0.4, 0.5) is 20.2 Å². The first-order valence-corrected chi connectivity index (χ1v) is 6.04. The standard InChI is InChI=1S/C12H15F2N3O2/c1-7-2-8(5-15)6-16(7)11-4-9(13)3-10(14)12(11)17(18)19/h3-4,7-8H,2,5-6,15H2,1H3. The largest absolute Gasteiger partial charge is 0.363 e. The number of nitrogens with zero attached hydrogens (tertiary/aromatic N) is 2. The number of halogens is 2. The monoisotopic (exact) mass is 271 g/mol. The summed E-state index contributed by atoms with van der Waals surface area (Å²) in [5.74, 6) is -1.79. The first kappa shape index (κ1) is 13.7. The molecule has 0 radical (unpaired) electrons. The van der Waals surface area contributed by atoms with E-state index in [1.54, 1.807) is 4.90 Å². The molecule has 1 heterocycles. The fraction of sp³-hybridized carbons (Fsp3) is 0.500. The predicted octanol–water partition coefficient (Wildman–Crippen LogP) is 2.05. The van der Waals surface area contributed by atoms with Gasteiger partial charge in [-0.25, -0.2) is 4.39 Å². The molecule has 2 unspecified atom stereocenters. The van der Waals surface area contributed by atoms with Crippen molar-refractivity contribution in [1.29, 1.82) is 0 Å². The van der Waals surface area contributed by atoms with Crippen molar-refractivity contribution in [2.75, 3.05) is 18.0 Å². The Hall–Kier alpha value is -1.76. The summed E-state index contributed by atoms with van der Waals surface area (Å²) in [7, 11) is 0. The van der Waals surface area contributed by atoms with Crippen molar-refractivity contribution < 1.29 is 13.7 Å². The van der Waals surface area contributed by atoms with Gasteiger partial charge >= 0.3 is 5.69 Å². The molecule has 104 valence electrons. The molecule has 0 aromatic heterocycles. The number of nitrogens with two attached hydrogens (primary N) is 1. The Morgan fingerprint density at radius 3 is 2.74 bits per heavy atom. The van der Waals surface area contributed by atoms with Crippen LogP contribution in [0.25, 0.3) is 0 Å². The van der Waals surface area contributed by atoms with Crippen molar-refractivity contribution in [3.05, 3.63) is 33.9 Å². The van der Waals surface area contributed by atoms with Gasteiger partial charge in [-0.1, -0.05) is 0 Å². The Balaban J connectivity index is 2.47. The van der Waals surface area contributed by atoms with Crippen molar-refractivity contribution in [2.24, 2.45) is 11.7 Å². The molecule has 2 N–H and O–H groups in total. The maximum atomic E-state index is 13.6. The van der Waals surface area contributed by atoms with Crippen LogP contribution in [0, 0.1) is 27.7 Å². The van der Waals surface area contributed by atoms with Crippen LogP contribution in [0.5, 0.6) is 0 Å². The summed E-state index contributed by atoms with van der Waals surface area (Å²) in [5.41, 5.74) is 4.90. The molecule has 0 saturated carbocycles. The van der Waals surface area contributed by atoms with Crippen LogP contribution in [-0.4, -0.2) is 24.1 Å². The number of rotatable bonds is 3. The molecule has 1 saturated heterocycles. The Bertz CT molecular complexity index is 510. The van der Waals surface area contributed by atoms with Gasteiger partial charge in [-0.15, -0.1) is 0 Å². The highest BCUT2D eigenvalue weighted by atomic mass is 19.1. The van der Waals surface area contributed by atoms with E-state index in [0.717, 1.165) is 12.5 Å². The lowest BCUT2D eigenvalue weighted by Crippen LogP contribution is -2.28. The molecule has 2 atom stereocenters. The van der Waals surface area contributed by atoms with Gasteiger partial charge in [0.2, 0.25) is 5.82 Å². The van der Waals surface area contributed by atoms with Crippen LogP contribution in [0.15, 0.2) is 12.1 Å². The van der Waals surface area contributed by atoms with E-state index in [9.17, 15) is 18.9 Å². The lowest BCUT2D eigenvalue weighted by atomic mass is 10.1. The van der Waals surface area contributed by atoms with Crippen LogP contribution in [-0.2, 0) is 0 Å². The molecule has 0 amide bonds. The number of benzene rings is 1. The number of nitro groups is 1. The van der Waals surface area contributed by atoms with E-state index < -0.39 is 22.2 Å². The molecule has 2 rings (SSSR count). The zero-order valence-electron chi connectivity index (χ0n) is 10.5. The van der Waals surface area contributed by atoms with Gasteiger partial charge in [0, 0.05) is 24.7 Å². The number of hydrogen-bond acceptors (Lipinski definition) is 4. The fourth-order valence-corrected chi connectivity index (χ4v) is 2.60. The van der Waals surface area contributed by atoms with Gasteiger partial charge in [0.1, 0.15) is 11.5 Å². The molecule has 1 aromatic rings. The highest BCUT2D eigenvalue weighted by Gasteiger charge is 2.34. The summed E-state index contributed by atoms with van der Waals surface area (Å²) in [6.07, 6.45) is 0.756. The molecular formula is C12H15F2N3O2. The molecule has 5 nitrogen and oxygen atoms in total. The zero-order valence-corrected chi connectivity index (χ0v) is 10.5. The third kappa shape index (κ3) is 2.51. The highest BCUT2D eigenvalue weighted by molar-refractivity contribution is 5.65. The van der Waals surface area contributed by atoms with Crippen LogP contribution in [0.2, 0.25) is 0 Å². The summed E-state index contributed by atoms with van der Waals surface area (Å²) in [6, 6.07) is 1.51. The Morgan fingerprint density at radius 1 is 1.53 bits per heavy atom. The van der Waals surface area contributed by atoms with Crippen molar-refractivity contribution >= 4 is 11.4 Å². The Kier molecular flexibility index (Phi) is 3.66. The summed E-state index contributed by atoms with van der Waals surface area (Å²) in [5, 5.41) is 11.0. The number of hydrogen-bond donors (Lipinski definition) is 1. The summed E-state index contributed by atoms with van der Waals surface area (Å²) >= 11 is 0. The number of anilines is 1. The lowest BCUT2D eigenvalue weighted by Gasteiger charge is -2.23. The quantitative estimate of drug-likeness (QED) is 0.674. The molecule has 1 aromatic carbocycles. The van der Waals surface area contributed by atoms with Gasteiger partial charge in [-0.3, -0.25) is 10.1 Å². The van der Waals surface area contributed by atoms with Gasteiger partial charge in [-0.2, -0.15) is 4.39 Å². The normalized spacial score (nSPS) is 22.8. The second-order valence-corrected chi connectivity index (χ2v) is 4.85. The predicted molar refractivity (Wildman–Crippen MR) is 67.0 cm³/mol. The van der Waals surface area contributed by atoms with E-state index >= 15 is 0 Å². The van der Waals surface area contributed by atoms with Crippen LogP contribution < -0.4 is 10.6 Å². The average molecular weight is 271 g/mol. The fourth-order valence-electron chi connectivity index (χ4n) is 2.60. The molecule has 1 fully saturated rings. The highest BCUT2D eigenvalue weighted by Crippen LogP contribution is 2.37. The van der Waals surface area contributed by atoms with E-state index in [0.29, 0.717) is 19.2 Å². The van der Waals surface area contributed by atoms with Crippen molar-refractivity contribution in [3.63, 3.8) is 0 Å². The zero-order chi connectivity index (χ0) is 14.2. The molecular weight excluding hydrogens is 256 g/mol. The average Bonchev–Trinajstić information content (AvgIpc) is 2.68. The molecule has 1 aliphatic rings. The van der Waals surface area contributed by atoms with E-state index in [2.05, 4.69) is 0 Å². The summed E-state index contributed by atoms with van der Waals surface area (Å²) < 4.78 is 26.9. The Labute approximate surface area is 109 Å². The van der Waals surface area contributed by atoms with E-state index in [1.807, 2.05) is 6.92 Å². The first-order valence-electron chi connectivity index (χ1n) is 6.04. The third-order valence-corrected chi connectivity index (χ3v) is 3.49. The second-order valence-electron chi connectivity index (χ2n) is 4.85. The summed E-state index contributed by atoms with van der Waals surface area (Å²) in [6.45, 7) is 2.79. The van der Waals surface area contributed by atoms with Crippen molar-refractivity contribution in [1.82, 2.24) is 0 Å². The number of nitro benzene ring substituents is 1. The lowest BCUT2D eigenvalue weighted by molar-refractivity contribution is -0.386. The van der Waals surface area contributed by atoms with Gasteiger partial charge in [0.05, 0.1) is 4.92 Å². The minimum atomic E-state index is -1.15. The SMILES string of the molecule is CC1CC(CN)CN1c1cc(F)cc(F)c1[N+](=O)[O-]. The van der Waals surface area contributed by atoms with Gasteiger partial charge in [-0.05, 0) is 25.8 Å².